The van der Waals surface area contributed by atoms with Gasteiger partial charge in [0.05, 0.1) is 0 Å². The summed E-state index contributed by atoms with van der Waals surface area (Å²) in [6, 6.07) is 46.2. The zero-order chi connectivity index (χ0) is 83.2. The molecule has 11 heteroatoms. The van der Waals surface area contributed by atoms with Crippen LogP contribution in [0.25, 0.3) is 43.6 Å². The van der Waals surface area contributed by atoms with Crippen molar-refractivity contribution in [2.75, 3.05) is 13.2 Å². The molecule has 0 atom stereocenters. The Morgan fingerprint density at radius 2 is 0.333 bits per heavy atom. The summed E-state index contributed by atoms with van der Waals surface area (Å²) in [7, 11) is 0. The SMILES string of the molecule is CCOCC.Cc1cc(C)c(C(=[N-])C(C)(C)C)c(C)c1.Cc1cc(C)c(C(=[N-])C(C)(C)C)c(C)c1.Cc1cc(C)c(C(=[N-])C(C)(C)C)c(C)c1.Cc1cc(C)c(C(=[N-])C(C)(C)C)c(C)c1.Cc1cc(C)c(C(=[N-])C(C)(C)C)c(C)c1.Cc1cc(C)c(C(=[N-])C(C)(C)C)c(C)c1.[Na+].[Na+].[U+2].[U+2].c1ccc(-c2ccccc2)cc1. The van der Waals surface area contributed by atoms with Crippen LogP contribution < -0.4 is 59.1 Å². The van der Waals surface area contributed by atoms with Gasteiger partial charge in [0.15, 0.2) is 0 Å². The molecule has 0 heterocycles. The van der Waals surface area contributed by atoms with Crippen molar-refractivity contribution in [1.82, 2.24) is 0 Å². The van der Waals surface area contributed by atoms with E-state index in [9.17, 15) is 32.5 Å². The fraction of sp³-hybridized carbons (Fsp3) is 0.460. The van der Waals surface area contributed by atoms with Crippen LogP contribution in [0.3, 0.4) is 0 Å². The number of benzene rings is 8. The summed E-state index contributed by atoms with van der Waals surface area (Å²) in [5.74, 6) is 0. The fourth-order valence-electron chi connectivity index (χ4n) is 13.0. The Kier molecular flexibility index (Phi) is 50.8. The summed E-state index contributed by atoms with van der Waals surface area (Å²) in [6.07, 6.45) is 0. The van der Waals surface area contributed by atoms with E-state index in [1.165, 1.54) is 44.5 Å². The normalized spacial score (nSPS) is 10.8. The minimum atomic E-state index is -0.190. The molecule has 0 fully saturated rings. The molecule has 0 N–H and O–H groups in total. The third-order valence-electron chi connectivity index (χ3n) is 18.0. The van der Waals surface area contributed by atoms with Gasteiger partial charge in [-0.25, -0.2) is 0 Å². The van der Waals surface area contributed by atoms with Crippen LogP contribution in [-0.2, 0) is 4.74 Å². The minimum absolute atomic E-state index is 0. The average molecular weight is 1960 g/mol. The van der Waals surface area contributed by atoms with Crippen LogP contribution in [0.2, 0.25) is 0 Å². The Balaban J connectivity index is -0.000000592. The molecule has 8 aromatic carbocycles. The van der Waals surface area contributed by atoms with Gasteiger partial charge in [0.25, 0.3) is 0 Å². The van der Waals surface area contributed by atoms with E-state index in [-0.39, 0.29) is 154 Å². The third-order valence-corrected chi connectivity index (χ3v) is 18.0. The first kappa shape index (κ1) is 113. The van der Waals surface area contributed by atoms with Crippen molar-refractivity contribution >= 4 is 34.3 Å². The predicted molar refractivity (Wildman–Crippen MR) is 480 cm³/mol. The molecule has 0 aliphatic carbocycles. The van der Waals surface area contributed by atoms with Gasteiger partial charge in [-0.15, -0.1) is 0 Å². The summed E-state index contributed by atoms with van der Waals surface area (Å²) in [6.45, 7) is 79.3. The summed E-state index contributed by atoms with van der Waals surface area (Å²) in [5.41, 5.74) is 31.7. The quantitative estimate of drug-likeness (QED) is 0.103. The van der Waals surface area contributed by atoms with Crippen molar-refractivity contribution < 1.29 is 126 Å². The molecule has 7 nitrogen and oxygen atoms in total. The van der Waals surface area contributed by atoms with Crippen molar-refractivity contribution in [2.24, 2.45) is 32.5 Å². The van der Waals surface area contributed by atoms with E-state index in [4.69, 9.17) is 4.74 Å². The van der Waals surface area contributed by atoms with E-state index < -0.39 is 0 Å². The van der Waals surface area contributed by atoms with Crippen LogP contribution in [0.1, 0.15) is 272 Å². The molecule has 8 rings (SSSR count). The smallest absolute Gasteiger partial charge is 0.807 e. The number of aryl methyl sites for hydroxylation is 18. The Morgan fingerprint density at radius 1 is 0.225 bits per heavy atom. The number of nitrogens with zero attached hydrogens (tertiary/aromatic N) is 6. The zero-order valence-corrected chi connectivity index (χ0v) is 89.5. The fourth-order valence-corrected chi connectivity index (χ4v) is 13.0. The van der Waals surface area contributed by atoms with E-state index in [0.29, 0.717) is 34.3 Å². The van der Waals surface area contributed by atoms with Crippen LogP contribution in [0.5, 0.6) is 0 Å². The Labute approximate surface area is 771 Å². The molecule has 8 aromatic rings. The van der Waals surface area contributed by atoms with Gasteiger partial charge in [0.2, 0.25) is 0 Å². The first-order valence-electron chi connectivity index (χ1n) is 38.3. The molecule has 0 saturated heterocycles. The van der Waals surface area contributed by atoms with Crippen molar-refractivity contribution in [2.45, 2.75) is 263 Å². The van der Waals surface area contributed by atoms with Crippen molar-refractivity contribution in [3.63, 3.8) is 0 Å². The van der Waals surface area contributed by atoms with Crippen LogP contribution in [0.4, 0.5) is 0 Å². The molecular formula is C100H140N6Na2OU2. The summed E-state index contributed by atoms with van der Waals surface area (Å²) in [5, 5.41) is 61.4. The van der Waals surface area contributed by atoms with Gasteiger partial charge >= 0.3 is 121 Å². The van der Waals surface area contributed by atoms with Gasteiger partial charge in [0, 0.05) is 13.2 Å². The second-order valence-corrected chi connectivity index (χ2v) is 35.7. The standard InChI is InChI=1S/6C14H20N.C12H10.C4H10O.2Na.2U/c6*1-9-7-10(2)12(11(3)8-9)13(15)14(4,5)6;1-3-7-11(8-4-1)12-9-5-2-6-10-12;1-3-5-4-2;;;;/h6*7-8H,1-6H3;1-10H;3-4H2,1-2H3;;;;/q6*-1;;;2*+1;2*+2. The van der Waals surface area contributed by atoms with Gasteiger partial charge in [-0.3, -0.25) is 0 Å². The number of hydrogen-bond acceptors (Lipinski definition) is 1. The summed E-state index contributed by atoms with van der Waals surface area (Å²) >= 11 is 0. The molecule has 0 saturated carbocycles. The summed E-state index contributed by atoms with van der Waals surface area (Å²) in [4.78, 5) is 0. The molecule has 0 aromatic heterocycles. The molecule has 0 spiro atoms. The van der Waals surface area contributed by atoms with Crippen molar-refractivity contribution in [3.8, 4) is 11.1 Å². The number of rotatable bonds is 9. The average Bonchev–Trinajstić information content (AvgIpc) is 0.839. The van der Waals surface area contributed by atoms with Gasteiger partial charge < -0.3 is 37.2 Å². The van der Waals surface area contributed by atoms with Gasteiger partial charge in [-0.2, -0.15) is 34.3 Å². The van der Waals surface area contributed by atoms with Crippen molar-refractivity contribution in [3.05, 3.63) is 299 Å². The molecular weight excluding hydrogens is 1820 g/mol. The topological polar surface area (TPSA) is 143 Å². The van der Waals surface area contributed by atoms with E-state index in [1.807, 2.05) is 151 Å². The third kappa shape index (κ3) is 37.8. The van der Waals surface area contributed by atoms with E-state index in [2.05, 4.69) is 246 Å². The Hall–Kier alpha value is -4.16. The van der Waals surface area contributed by atoms with Crippen LogP contribution in [-0.4, -0.2) is 47.5 Å². The van der Waals surface area contributed by atoms with Gasteiger partial charge in [-0.1, -0.05) is 291 Å². The molecule has 0 radical (unpaired) electrons. The Morgan fingerprint density at radius 3 is 0.414 bits per heavy atom. The van der Waals surface area contributed by atoms with E-state index in [1.54, 1.807) is 0 Å². The maximum Gasteiger partial charge on any atom is 2.00 e. The first-order chi connectivity index (χ1) is 48.8. The van der Waals surface area contributed by atoms with Crippen LogP contribution in [0, 0.1) is 219 Å². The molecule has 0 unspecified atom stereocenters. The van der Waals surface area contributed by atoms with Gasteiger partial charge in [0.1, 0.15) is 0 Å². The Bertz CT molecular complexity index is 3550. The first-order valence-corrected chi connectivity index (χ1v) is 38.3. The molecule has 0 aliphatic rings. The maximum absolute atomic E-state index is 10.2. The monoisotopic (exact) mass is 1960 g/mol. The molecule has 586 valence electrons. The van der Waals surface area contributed by atoms with Gasteiger partial charge in [-0.05, 0) is 282 Å². The molecule has 111 heavy (non-hydrogen) atoms. The molecule has 0 amide bonds. The number of hydrogen-bond donors (Lipinski definition) is 0. The van der Waals surface area contributed by atoms with Crippen molar-refractivity contribution in [1.29, 1.82) is 0 Å². The second-order valence-electron chi connectivity index (χ2n) is 35.7. The predicted octanol–water partition coefficient (Wildman–Crippen LogP) is 22.5. The number of ether oxygens (including phenoxy) is 1. The molecule has 0 aliphatic heterocycles. The minimum Gasteiger partial charge on any atom is -0.807 e. The molecule has 0 bridgehead atoms. The zero-order valence-electron chi connectivity index (χ0n) is 77.2. The summed E-state index contributed by atoms with van der Waals surface area (Å²) < 4.78 is 4.83. The van der Waals surface area contributed by atoms with Crippen LogP contribution in [0.15, 0.2) is 133 Å². The van der Waals surface area contributed by atoms with Crippen LogP contribution >= 0.6 is 0 Å². The van der Waals surface area contributed by atoms with E-state index >= 15 is 0 Å². The maximum atomic E-state index is 10.2. The second kappa shape index (κ2) is 49.8. The van der Waals surface area contributed by atoms with E-state index in [0.717, 1.165) is 113 Å². The largest absolute Gasteiger partial charge is 2.00 e.